The third-order valence-corrected chi connectivity index (χ3v) is 12.2. The zero-order valence-corrected chi connectivity index (χ0v) is 45.8. The van der Waals surface area contributed by atoms with Gasteiger partial charge in [0.1, 0.15) is 0 Å². The van der Waals surface area contributed by atoms with Crippen LogP contribution in [0.2, 0.25) is 0 Å². The third kappa shape index (κ3) is 56.5. The Morgan fingerprint density at radius 2 is 0.405 bits per heavy atom. The summed E-state index contributed by atoms with van der Waals surface area (Å²) in [6.07, 6.45) is 34.8. The lowest BCUT2D eigenvalue weighted by Gasteiger charge is -2.11. The second kappa shape index (κ2) is 54.5. The van der Waals surface area contributed by atoms with E-state index in [1.807, 2.05) is 0 Å². The van der Waals surface area contributed by atoms with Crippen LogP contribution in [0.3, 0.4) is 0 Å². The third-order valence-electron chi connectivity index (χ3n) is 12.2. The molecular formula is C56H100O18. The molecule has 0 rings (SSSR count). The molecule has 0 saturated carbocycles. The molecule has 3 atom stereocenters. The van der Waals surface area contributed by atoms with Crippen molar-refractivity contribution in [3.63, 3.8) is 0 Å². The molecule has 18 heteroatoms. The molecule has 0 aliphatic carbocycles. The van der Waals surface area contributed by atoms with Gasteiger partial charge in [-0.2, -0.15) is 0 Å². The monoisotopic (exact) mass is 1060 g/mol. The topological polar surface area (TPSA) is 303 Å². The van der Waals surface area contributed by atoms with E-state index in [2.05, 4.69) is 25.5 Å². The van der Waals surface area contributed by atoms with E-state index in [0.717, 1.165) is 57.8 Å². The molecule has 0 aliphatic heterocycles. The standard InChI is InChI=1S/C22H40O6.C18H32O6.C16H28O6/c1-2-3-4-5-6-7-8-9-10-11-12-13-14-15-16-17-21(25)28-19(22(26)27)18-20(23)24;1-2-3-4-5-6-7-8-9-10-11-12-13-17(21)24-15(18(22)23)14-16(19)20;1-2-3-4-5-6-7-8-9-10-11-15(19)22-13(16(20)21)12-14(17)18/h19H,2-18H2,1H3,(H,23,24)(H,26,27);15H,2-14H2,1H3,(H,19,20)(H,22,23);13H,2-12H2,1H3,(H,17,18)(H,20,21). The first-order valence-electron chi connectivity index (χ1n) is 28.3. The number of ether oxygens (including phenoxy) is 3. The van der Waals surface area contributed by atoms with Gasteiger partial charge in [-0.25, -0.2) is 14.4 Å². The summed E-state index contributed by atoms with van der Waals surface area (Å²) in [7, 11) is 0. The average Bonchev–Trinajstić information content (AvgIpc) is 3.33. The van der Waals surface area contributed by atoms with Gasteiger partial charge in [0.15, 0.2) is 0 Å². The second-order valence-electron chi connectivity index (χ2n) is 19.3. The van der Waals surface area contributed by atoms with Crippen LogP contribution in [0.25, 0.3) is 0 Å². The summed E-state index contributed by atoms with van der Waals surface area (Å²) in [6.45, 7) is 6.64. The molecule has 74 heavy (non-hydrogen) atoms. The van der Waals surface area contributed by atoms with Crippen molar-refractivity contribution >= 4 is 53.7 Å². The highest BCUT2D eigenvalue weighted by Crippen LogP contribution is 2.16. The van der Waals surface area contributed by atoms with Crippen LogP contribution in [-0.2, 0) is 57.4 Å². The van der Waals surface area contributed by atoms with Crippen LogP contribution in [0.15, 0.2) is 0 Å². The summed E-state index contributed by atoms with van der Waals surface area (Å²) in [6, 6.07) is 0. The first-order chi connectivity index (χ1) is 35.4. The van der Waals surface area contributed by atoms with Gasteiger partial charge in [0.05, 0.1) is 19.3 Å². The Hall–Kier alpha value is -4.77. The minimum absolute atomic E-state index is 0.138. The van der Waals surface area contributed by atoms with E-state index in [0.29, 0.717) is 19.3 Å². The van der Waals surface area contributed by atoms with Gasteiger partial charge in [0.2, 0.25) is 18.3 Å². The van der Waals surface area contributed by atoms with Crippen LogP contribution >= 0.6 is 0 Å². The maximum absolute atomic E-state index is 11.6. The van der Waals surface area contributed by atoms with Gasteiger partial charge < -0.3 is 44.8 Å². The van der Waals surface area contributed by atoms with Gasteiger partial charge in [-0.15, -0.1) is 0 Å². The van der Waals surface area contributed by atoms with Crippen LogP contribution in [0, 0.1) is 0 Å². The summed E-state index contributed by atoms with van der Waals surface area (Å²) in [5, 5.41) is 52.1. The van der Waals surface area contributed by atoms with E-state index in [1.165, 1.54) is 148 Å². The number of carboxylic acids is 6. The molecule has 0 bridgehead atoms. The minimum atomic E-state index is -1.60. The molecule has 6 N–H and O–H groups in total. The fourth-order valence-electron chi connectivity index (χ4n) is 7.82. The SMILES string of the molecule is CCCCCCCCCCCC(=O)OC(CC(=O)O)C(=O)O.CCCCCCCCCCCCCC(=O)OC(CC(=O)O)C(=O)O.CCCCCCCCCCCCCCCCCC(=O)OC(CC(=O)O)C(=O)O. The smallest absolute Gasteiger partial charge is 0.345 e. The average molecular weight is 1060 g/mol. The van der Waals surface area contributed by atoms with Gasteiger partial charge in [-0.05, 0) is 19.3 Å². The van der Waals surface area contributed by atoms with Crippen LogP contribution in [0.1, 0.15) is 284 Å². The number of carboxylic acid groups (broad SMARTS) is 6. The highest BCUT2D eigenvalue weighted by atomic mass is 16.6. The van der Waals surface area contributed by atoms with Crippen molar-refractivity contribution in [1.82, 2.24) is 0 Å². The molecule has 0 aliphatic rings. The normalized spacial score (nSPS) is 11.9. The van der Waals surface area contributed by atoms with E-state index in [4.69, 9.17) is 40.1 Å². The van der Waals surface area contributed by atoms with Crippen molar-refractivity contribution in [3.8, 4) is 0 Å². The summed E-state index contributed by atoms with van der Waals surface area (Å²) in [5.41, 5.74) is 0. The fourth-order valence-corrected chi connectivity index (χ4v) is 7.82. The molecular weight excluding hydrogens is 961 g/mol. The van der Waals surface area contributed by atoms with Crippen molar-refractivity contribution < 1.29 is 88.0 Å². The van der Waals surface area contributed by atoms with Gasteiger partial charge in [-0.3, -0.25) is 28.8 Å². The van der Waals surface area contributed by atoms with Crippen LogP contribution in [0.4, 0.5) is 0 Å². The van der Waals surface area contributed by atoms with E-state index in [-0.39, 0.29) is 19.3 Å². The van der Waals surface area contributed by atoms with Gasteiger partial charge >= 0.3 is 53.7 Å². The number of rotatable bonds is 50. The van der Waals surface area contributed by atoms with Crippen LogP contribution < -0.4 is 0 Å². The number of hydrogen-bond acceptors (Lipinski definition) is 12. The van der Waals surface area contributed by atoms with Crippen molar-refractivity contribution in [2.24, 2.45) is 0 Å². The summed E-state index contributed by atoms with van der Waals surface area (Å²) in [4.78, 5) is 98.5. The lowest BCUT2D eigenvalue weighted by molar-refractivity contribution is -0.167. The van der Waals surface area contributed by atoms with Crippen molar-refractivity contribution in [2.75, 3.05) is 0 Å². The largest absolute Gasteiger partial charge is 0.481 e. The molecule has 0 radical (unpaired) electrons. The Kier molecular flexibility index (Phi) is 54.1. The predicted octanol–water partition coefficient (Wildman–Crippen LogP) is 13.3. The molecule has 0 saturated heterocycles. The molecule has 0 aromatic rings. The molecule has 0 spiro atoms. The summed E-state index contributed by atoms with van der Waals surface area (Å²) >= 11 is 0. The Labute approximate surface area is 442 Å². The molecule has 0 amide bonds. The van der Waals surface area contributed by atoms with E-state index < -0.39 is 91.3 Å². The molecule has 0 fully saturated rings. The maximum Gasteiger partial charge on any atom is 0.345 e. The number of hydrogen-bond donors (Lipinski definition) is 6. The number of carbonyl (C=O) groups excluding carboxylic acids is 3. The Morgan fingerprint density at radius 3 is 0.541 bits per heavy atom. The van der Waals surface area contributed by atoms with E-state index >= 15 is 0 Å². The van der Waals surface area contributed by atoms with E-state index in [1.54, 1.807) is 0 Å². The first kappa shape index (κ1) is 73.5. The highest BCUT2D eigenvalue weighted by molar-refractivity contribution is 5.84. The molecule has 432 valence electrons. The van der Waals surface area contributed by atoms with Crippen molar-refractivity contribution in [1.29, 1.82) is 0 Å². The van der Waals surface area contributed by atoms with Gasteiger partial charge in [0, 0.05) is 19.3 Å². The minimum Gasteiger partial charge on any atom is -0.481 e. The number of unbranched alkanes of at least 4 members (excludes halogenated alkanes) is 32. The quantitative estimate of drug-likeness (QED) is 0.0187. The zero-order valence-electron chi connectivity index (χ0n) is 45.8. The van der Waals surface area contributed by atoms with Crippen LogP contribution in [0.5, 0.6) is 0 Å². The Bertz CT molecular complexity index is 1470. The maximum atomic E-state index is 11.6. The number of aliphatic carboxylic acids is 6. The lowest BCUT2D eigenvalue weighted by atomic mass is 10.0. The highest BCUT2D eigenvalue weighted by Gasteiger charge is 2.27. The van der Waals surface area contributed by atoms with Crippen molar-refractivity contribution in [3.05, 3.63) is 0 Å². The molecule has 0 heterocycles. The first-order valence-corrected chi connectivity index (χ1v) is 28.3. The Balaban J connectivity index is -0.00000103. The fraction of sp³-hybridized carbons (Fsp3) is 0.839. The number of esters is 3. The van der Waals surface area contributed by atoms with Gasteiger partial charge in [0.25, 0.3) is 0 Å². The van der Waals surface area contributed by atoms with Crippen molar-refractivity contribution in [2.45, 2.75) is 302 Å². The molecule has 18 nitrogen and oxygen atoms in total. The molecule has 3 unspecified atom stereocenters. The zero-order chi connectivity index (χ0) is 56.0. The van der Waals surface area contributed by atoms with Crippen LogP contribution in [-0.4, -0.2) is 103 Å². The summed E-state index contributed by atoms with van der Waals surface area (Å²) in [5.74, 6) is -10.1. The second-order valence-corrected chi connectivity index (χ2v) is 19.3. The molecule has 0 aromatic carbocycles. The molecule has 0 aromatic heterocycles. The Morgan fingerprint density at radius 1 is 0.257 bits per heavy atom. The predicted molar refractivity (Wildman–Crippen MR) is 282 cm³/mol. The van der Waals surface area contributed by atoms with Gasteiger partial charge in [-0.1, -0.05) is 226 Å². The van der Waals surface area contributed by atoms with E-state index in [9.17, 15) is 43.2 Å². The summed E-state index contributed by atoms with van der Waals surface area (Å²) < 4.78 is 14.1. The number of carbonyl (C=O) groups is 9. The lowest BCUT2D eigenvalue weighted by Crippen LogP contribution is -2.29.